The first-order chi connectivity index (χ1) is 7.89. The minimum atomic E-state index is -1.30. The number of ether oxygens (including phenoxy) is 2. The Bertz CT molecular complexity index is 358. The number of hydrogen-bond donors (Lipinski definition) is 2. The average molecular weight is 243 g/mol. The number of nitrogens with zero attached hydrogens (tertiary/aromatic N) is 1. The molecule has 0 radical (unpaired) electrons. The van der Waals surface area contributed by atoms with Crippen LogP contribution in [-0.2, 0) is 14.3 Å². The fourth-order valence-electron chi connectivity index (χ4n) is 3.06. The van der Waals surface area contributed by atoms with E-state index in [0.29, 0.717) is 13.0 Å². The molecule has 6 heteroatoms. The van der Waals surface area contributed by atoms with Gasteiger partial charge in [0.25, 0.3) is 5.91 Å². The molecular formula is C11H17NO5. The normalized spacial score (nSPS) is 48.1. The van der Waals surface area contributed by atoms with Gasteiger partial charge in [0.15, 0.2) is 11.9 Å². The van der Waals surface area contributed by atoms with E-state index in [9.17, 15) is 15.0 Å². The van der Waals surface area contributed by atoms with Crippen LogP contribution in [-0.4, -0.2) is 63.8 Å². The summed E-state index contributed by atoms with van der Waals surface area (Å²) in [6, 6.07) is -0.351. The van der Waals surface area contributed by atoms with Crippen LogP contribution >= 0.6 is 0 Å². The van der Waals surface area contributed by atoms with Gasteiger partial charge in [0.2, 0.25) is 0 Å². The van der Waals surface area contributed by atoms with Crippen molar-refractivity contribution in [1.29, 1.82) is 0 Å². The fraction of sp³-hybridized carbons (Fsp3) is 0.909. The van der Waals surface area contributed by atoms with Gasteiger partial charge in [0.1, 0.15) is 12.2 Å². The van der Waals surface area contributed by atoms with Crippen LogP contribution < -0.4 is 0 Å². The molecular weight excluding hydrogens is 226 g/mol. The lowest BCUT2D eigenvalue weighted by Gasteiger charge is -2.36. The molecule has 0 aliphatic carbocycles. The molecule has 3 saturated heterocycles. The van der Waals surface area contributed by atoms with Crippen molar-refractivity contribution in [3.8, 4) is 0 Å². The molecule has 1 amide bonds. The molecule has 96 valence electrons. The van der Waals surface area contributed by atoms with Crippen molar-refractivity contribution in [1.82, 2.24) is 4.90 Å². The number of aliphatic hydroxyl groups is 2. The first-order valence-corrected chi connectivity index (χ1v) is 5.91. The molecule has 0 aromatic rings. The Morgan fingerprint density at radius 2 is 1.94 bits per heavy atom. The molecule has 3 aliphatic rings. The number of piperidine rings is 1. The van der Waals surface area contributed by atoms with E-state index in [1.54, 1.807) is 0 Å². The number of carbonyl (C=O) groups excluding carboxylic acids is 1. The van der Waals surface area contributed by atoms with Crippen LogP contribution in [0.15, 0.2) is 0 Å². The van der Waals surface area contributed by atoms with Crippen LogP contribution in [0, 0.1) is 0 Å². The van der Waals surface area contributed by atoms with Gasteiger partial charge in [-0.05, 0) is 20.3 Å². The quantitative estimate of drug-likeness (QED) is 0.561. The van der Waals surface area contributed by atoms with Crippen LogP contribution in [0.3, 0.4) is 0 Å². The molecule has 3 aliphatic heterocycles. The third-order valence-electron chi connectivity index (χ3n) is 3.79. The minimum absolute atomic E-state index is 0.112. The smallest absolute Gasteiger partial charge is 0.254 e. The maximum atomic E-state index is 11.7. The summed E-state index contributed by atoms with van der Waals surface area (Å²) >= 11 is 0. The zero-order valence-electron chi connectivity index (χ0n) is 9.87. The minimum Gasteiger partial charge on any atom is -0.388 e. The lowest BCUT2D eigenvalue weighted by atomic mass is 9.96. The van der Waals surface area contributed by atoms with E-state index in [4.69, 9.17) is 9.47 Å². The molecule has 3 rings (SSSR count). The zero-order chi connectivity index (χ0) is 12.4. The molecule has 17 heavy (non-hydrogen) atoms. The molecule has 0 aromatic heterocycles. The van der Waals surface area contributed by atoms with Crippen LogP contribution in [0.4, 0.5) is 0 Å². The van der Waals surface area contributed by atoms with Crippen LogP contribution in [0.25, 0.3) is 0 Å². The average Bonchev–Trinajstić information content (AvgIpc) is 2.65. The SMILES string of the molecule is CC1(C)O[C@H]2C[C@@H]3[C@@H](O)[C@@H](O)C(=O)N3C[C@H]2O1. The molecule has 0 bridgehead atoms. The van der Waals surface area contributed by atoms with Crippen LogP contribution in [0.5, 0.6) is 0 Å². The van der Waals surface area contributed by atoms with Crippen LogP contribution in [0.2, 0.25) is 0 Å². The van der Waals surface area contributed by atoms with Crippen molar-refractivity contribution in [2.45, 2.75) is 56.5 Å². The summed E-state index contributed by atoms with van der Waals surface area (Å²) in [6.07, 6.45) is -2.08. The predicted molar refractivity (Wildman–Crippen MR) is 56.0 cm³/mol. The summed E-state index contributed by atoms with van der Waals surface area (Å²) in [4.78, 5) is 13.2. The van der Waals surface area contributed by atoms with Gasteiger partial charge in [-0.3, -0.25) is 4.79 Å². The van der Waals surface area contributed by atoms with E-state index in [0.717, 1.165) is 0 Å². The number of fused-ring (bicyclic) bond motifs is 2. The van der Waals surface area contributed by atoms with Crippen molar-refractivity contribution >= 4 is 5.91 Å². The predicted octanol–water partition coefficient (Wildman–Crippen LogP) is -1.16. The Morgan fingerprint density at radius 3 is 2.65 bits per heavy atom. The highest BCUT2D eigenvalue weighted by Gasteiger charge is 2.55. The summed E-state index contributed by atoms with van der Waals surface area (Å²) < 4.78 is 11.4. The summed E-state index contributed by atoms with van der Waals surface area (Å²) in [5.41, 5.74) is 0. The van der Waals surface area contributed by atoms with E-state index >= 15 is 0 Å². The lowest BCUT2D eigenvalue weighted by molar-refractivity contribution is -0.148. The van der Waals surface area contributed by atoms with Gasteiger partial charge in [0.05, 0.1) is 18.7 Å². The Kier molecular flexibility index (Phi) is 2.29. The van der Waals surface area contributed by atoms with Gasteiger partial charge >= 0.3 is 0 Å². The molecule has 2 N–H and O–H groups in total. The van der Waals surface area contributed by atoms with E-state index in [-0.39, 0.29) is 18.2 Å². The molecule has 3 heterocycles. The lowest BCUT2D eigenvalue weighted by Crippen LogP contribution is -2.51. The summed E-state index contributed by atoms with van der Waals surface area (Å²) in [6.45, 7) is 4.05. The summed E-state index contributed by atoms with van der Waals surface area (Å²) in [5.74, 6) is -1.05. The highest BCUT2D eigenvalue weighted by atomic mass is 16.8. The highest BCUT2D eigenvalue weighted by molar-refractivity contribution is 5.84. The largest absolute Gasteiger partial charge is 0.388 e. The van der Waals surface area contributed by atoms with Crippen molar-refractivity contribution in [3.05, 3.63) is 0 Å². The highest BCUT2D eigenvalue weighted by Crippen LogP contribution is 2.38. The van der Waals surface area contributed by atoms with Crippen molar-refractivity contribution < 1.29 is 24.5 Å². The Balaban J connectivity index is 1.82. The van der Waals surface area contributed by atoms with Crippen molar-refractivity contribution in [2.75, 3.05) is 6.54 Å². The maximum absolute atomic E-state index is 11.7. The molecule has 0 saturated carbocycles. The van der Waals surface area contributed by atoms with E-state index in [1.807, 2.05) is 13.8 Å². The van der Waals surface area contributed by atoms with Gasteiger partial charge in [-0.25, -0.2) is 0 Å². The number of hydrogen-bond acceptors (Lipinski definition) is 5. The van der Waals surface area contributed by atoms with Crippen molar-refractivity contribution in [2.24, 2.45) is 0 Å². The second-order valence-electron chi connectivity index (χ2n) is 5.44. The first kappa shape index (κ1) is 11.4. The number of carbonyl (C=O) groups is 1. The van der Waals surface area contributed by atoms with Crippen LogP contribution in [0.1, 0.15) is 20.3 Å². The second kappa shape index (κ2) is 3.41. The molecule has 6 nitrogen and oxygen atoms in total. The maximum Gasteiger partial charge on any atom is 0.254 e. The number of amides is 1. The first-order valence-electron chi connectivity index (χ1n) is 5.91. The fourth-order valence-corrected chi connectivity index (χ4v) is 3.06. The van der Waals surface area contributed by atoms with Gasteiger partial charge in [-0.1, -0.05) is 0 Å². The molecule has 0 aromatic carbocycles. The number of aliphatic hydroxyl groups excluding tert-OH is 2. The van der Waals surface area contributed by atoms with E-state index in [2.05, 4.69) is 0 Å². The Labute approximate surface area is 99.1 Å². The molecule has 3 fully saturated rings. The third-order valence-corrected chi connectivity index (χ3v) is 3.79. The number of rotatable bonds is 0. The molecule has 5 atom stereocenters. The Morgan fingerprint density at radius 1 is 1.29 bits per heavy atom. The molecule has 0 unspecified atom stereocenters. The van der Waals surface area contributed by atoms with E-state index in [1.165, 1.54) is 4.90 Å². The monoisotopic (exact) mass is 243 g/mol. The third kappa shape index (κ3) is 1.59. The second-order valence-corrected chi connectivity index (χ2v) is 5.44. The topological polar surface area (TPSA) is 79.2 Å². The van der Waals surface area contributed by atoms with Gasteiger partial charge in [-0.15, -0.1) is 0 Å². The van der Waals surface area contributed by atoms with Gasteiger partial charge in [0, 0.05) is 0 Å². The summed E-state index contributed by atoms with van der Waals surface area (Å²) in [7, 11) is 0. The van der Waals surface area contributed by atoms with Crippen molar-refractivity contribution in [3.63, 3.8) is 0 Å². The van der Waals surface area contributed by atoms with E-state index < -0.39 is 23.9 Å². The Hall–Kier alpha value is -0.690. The van der Waals surface area contributed by atoms with Gasteiger partial charge in [-0.2, -0.15) is 0 Å². The summed E-state index contributed by atoms with van der Waals surface area (Å²) in [5, 5.41) is 19.3. The zero-order valence-corrected chi connectivity index (χ0v) is 9.87. The standard InChI is InChI=1S/C11H17NO5/c1-11(2)16-6-3-5-8(13)9(14)10(15)12(5)4-7(6)17-11/h5-9,13-14H,3-4H2,1-2H3/t5-,6+,7-,8-,9-/m1/s1. The molecule has 0 spiro atoms. The van der Waals surface area contributed by atoms with Gasteiger partial charge < -0.3 is 24.6 Å².